The fourth-order valence-electron chi connectivity index (χ4n) is 1.49. The monoisotopic (exact) mass is 222 g/mol. The van der Waals surface area contributed by atoms with Crippen LogP contribution in [0.2, 0.25) is 0 Å². The third-order valence-corrected chi connectivity index (χ3v) is 2.54. The smallest absolute Gasteiger partial charge is 0.328 e. The van der Waals surface area contributed by atoms with E-state index in [9.17, 15) is 4.79 Å². The minimum atomic E-state index is -1.03. The molecule has 2 rings (SSSR count). The lowest BCUT2D eigenvalue weighted by atomic mass is 10.1. The molecule has 0 amide bonds. The normalized spacial score (nSPS) is 14.6. The van der Waals surface area contributed by atoms with Gasteiger partial charge in [0.25, 0.3) is 0 Å². The predicted molar refractivity (Wildman–Crippen MR) is 58.1 cm³/mol. The average Bonchev–Trinajstić information content (AvgIpc) is 2.63. The zero-order valence-corrected chi connectivity index (χ0v) is 9.28. The van der Waals surface area contributed by atoms with Crippen LogP contribution in [0.5, 0.6) is 0 Å². The van der Waals surface area contributed by atoms with Crippen LogP contribution in [0, 0.1) is 0 Å². The first-order chi connectivity index (χ1) is 7.49. The van der Waals surface area contributed by atoms with Crippen molar-refractivity contribution in [3.8, 4) is 0 Å². The summed E-state index contributed by atoms with van der Waals surface area (Å²) in [6.45, 7) is 4.28. The Morgan fingerprint density at radius 2 is 2.25 bits per heavy atom. The first-order valence-corrected chi connectivity index (χ1v) is 5.07. The van der Waals surface area contributed by atoms with E-state index in [-0.39, 0.29) is 0 Å². The van der Waals surface area contributed by atoms with Crippen LogP contribution < -0.4 is 5.32 Å². The number of pyridine rings is 1. The highest BCUT2D eigenvalue weighted by atomic mass is 16.5. The molecule has 5 nitrogen and oxygen atoms in total. The van der Waals surface area contributed by atoms with Crippen molar-refractivity contribution in [2.45, 2.75) is 32.6 Å². The van der Waals surface area contributed by atoms with E-state index in [1.54, 1.807) is 19.9 Å². The number of ether oxygens (including phenoxy) is 1. The van der Waals surface area contributed by atoms with Crippen molar-refractivity contribution >= 4 is 11.8 Å². The summed E-state index contributed by atoms with van der Waals surface area (Å²) in [5, 5.41) is 11.9. The first kappa shape index (κ1) is 10.9. The van der Waals surface area contributed by atoms with Gasteiger partial charge < -0.3 is 15.2 Å². The Labute approximate surface area is 93.5 Å². The minimum absolute atomic E-state index is 0.498. The van der Waals surface area contributed by atoms with Gasteiger partial charge in [-0.1, -0.05) is 6.07 Å². The van der Waals surface area contributed by atoms with Crippen LogP contribution in [0.25, 0.3) is 0 Å². The third-order valence-electron chi connectivity index (χ3n) is 2.54. The van der Waals surface area contributed by atoms with E-state index in [1.807, 2.05) is 6.07 Å². The number of fused-ring (bicyclic) bond motifs is 1. The Morgan fingerprint density at radius 1 is 1.50 bits per heavy atom. The lowest BCUT2D eigenvalue weighted by molar-refractivity contribution is -0.141. The number of nitrogens with one attached hydrogen (secondary N) is 1. The predicted octanol–water partition coefficient (Wildman–Crippen LogP) is 1.39. The number of hydrogen-bond acceptors (Lipinski definition) is 4. The van der Waals surface area contributed by atoms with Crippen molar-refractivity contribution < 1.29 is 14.6 Å². The second-order valence-electron chi connectivity index (χ2n) is 4.35. The van der Waals surface area contributed by atoms with Gasteiger partial charge in [0.05, 0.1) is 18.9 Å². The largest absolute Gasteiger partial charge is 0.480 e. The number of rotatable bonds is 3. The van der Waals surface area contributed by atoms with Gasteiger partial charge in [-0.05, 0) is 19.9 Å². The summed E-state index contributed by atoms with van der Waals surface area (Å²) in [5.74, 6) is -0.345. The standard InChI is InChI=1S/C11H14N2O3/c1-11(2,10(14)15)13-9-4-3-7-5-16-6-8(7)12-9/h3-4H,5-6H2,1-2H3,(H,12,13)(H,14,15). The van der Waals surface area contributed by atoms with Crippen LogP contribution in [0.1, 0.15) is 25.1 Å². The second kappa shape index (κ2) is 3.75. The Balaban J connectivity index is 2.20. The van der Waals surface area contributed by atoms with E-state index in [4.69, 9.17) is 9.84 Å². The van der Waals surface area contributed by atoms with E-state index in [1.165, 1.54) is 0 Å². The maximum absolute atomic E-state index is 10.9. The van der Waals surface area contributed by atoms with Crippen LogP contribution in [0.4, 0.5) is 5.82 Å². The molecule has 1 aliphatic heterocycles. The molecule has 0 saturated carbocycles. The Bertz CT molecular complexity index is 429. The van der Waals surface area contributed by atoms with Crippen molar-refractivity contribution in [2.75, 3.05) is 5.32 Å². The molecule has 1 aromatic heterocycles. The number of hydrogen-bond donors (Lipinski definition) is 2. The Morgan fingerprint density at radius 3 is 2.94 bits per heavy atom. The summed E-state index contributed by atoms with van der Waals surface area (Å²) in [5.41, 5.74) is 0.922. The fraction of sp³-hybridized carbons (Fsp3) is 0.455. The van der Waals surface area contributed by atoms with Gasteiger partial charge in [-0.15, -0.1) is 0 Å². The molecule has 5 heteroatoms. The molecule has 1 aromatic rings. The summed E-state index contributed by atoms with van der Waals surface area (Å²) < 4.78 is 5.24. The topological polar surface area (TPSA) is 71.5 Å². The van der Waals surface area contributed by atoms with Crippen molar-refractivity contribution in [2.24, 2.45) is 0 Å². The van der Waals surface area contributed by atoms with Crippen LogP contribution in [0.15, 0.2) is 12.1 Å². The summed E-state index contributed by atoms with van der Waals surface area (Å²) in [6.07, 6.45) is 0. The molecular weight excluding hydrogens is 208 g/mol. The van der Waals surface area contributed by atoms with Crippen LogP contribution in [0.3, 0.4) is 0 Å². The average molecular weight is 222 g/mol. The Hall–Kier alpha value is -1.62. The van der Waals surface area contributed by atoms with Crippen LogP contribution in [-0.4, -0.2) is 21.6 Å². The van der Waals surface area contributed by atoms with E-state index in [0.29, 0.717) is 19.0 Å². The lowest BCUT2D eigenvalue weighted by Gasteiger charge is -2.21. The molecular formula is C11H14N2O3. The molecule has 0 saturated heterocycles. The number of carboxylic acids is 1. The van der Waals surface area contributed by atoms with Crippen molar-refractivity contribution in [1.29, 1.82) is 0 Å². The lowest BCUT2D eigenvalue weighted by Crippen LogP contribution is -2.40. The number of carbonyl (C=O) groups is 1. The number of aliphatic carboxylic acids is 1. The molecule has 0 atom stereocenters. The van der Waals surface area contributed by atoms with Gasteiger partial charge in [-0.25, -0.2) is 9.78 Å². The molecule has 0 aliphatic carbocycles. The van der Waals surface area contributed by atoms with Gasteiger partial charge in [-0.2, -0.15) is 0 Å². The van der Waals surface area contributed by atoms with Gasteiger partial charge in [0.15, 0.2) is 0 Å². The molecule has 0 bridgehead atoms. The highest BCUT2D eigenvalue weighted by Gasteiger charge is 2.27. The summed E-state index contributed by atoms with van der Waals surface area (Å²) in [4.78, 5) is 15.3. The van der Waals surface area contributed by atoms with E-state index >= 15 is 0 Å². The van der Waals surface area contributed by atoms with Gasteiger partial charge in [0.1, 0.15) is 11.4 Å². The van der Waals surface area contributed by atoms with E-state index in [0.717, 1.165) is 11.3 Å². The molecule has 0 aromatic carbocycles. The minimum Gasteiger partial charge on any atom is -0.480 e. The zero-order valence-electron chi connectivity index (χ0n) is 9.28. The highest BCUT2D eigenvalue weighted by Crippen LogP contribution is 2.21. The Kier molecular flexibility index (Phi) is 2.55. The summed E-state index contributed by atoms with van der Waals surface area (Å²) in [6, 6.07) is 3.69. The van der Waals surface area contributed by atoms with Gasteiger partial charge in [-0.3, -0.25) is 0 Å². The van der Waals surface area contributed by atoms with Gasteiger partial charge >= 0.3 is 5.97 Å². The number of nitrogens with zero attached hydrogens (tertiary/aromatic N) is 1. The van der Waals surface area contributed by atoms with Gasteiger partial charge in [0, 0.05) is 5.56 Å². The summed E-state index contributed by atoms with van der Waals surface area (Å²) >= 11 is 0. The number of aromatic nitrogens is 1. The van der Waals surface area contributed by atoms with Crippen LogP contribution in [-0.2, 0) is 22.7 Å². The first-order valence-electron chi connectivity index (χ1n) is 5.07. The molecule has 2 heterocycles. The molecule has 0 fully saturated rings. The maximum Gasteiger partial charge on any atom is 0.328 e. The van der Waals surface area contributed by atoms with Crippen molar-refractivity contribution in [3.05, 3.63) is 23.4 Å². The molecule has 0 radical (unpaired) electrons. The van der Waals surface area contributed by atoms with Crippen LogP contribution >= 0.6 is 0 Å². The number of anilines is 1. The molecule has 2 N–H and O–H groups in total. The second-order valence-corrected chi connectivity index (χ2v) is 4.35. The quantitative estimate of drug-likeness (QED) is 0.808. The summed E-state index contributed by atoms with van der Waals surface area (Å²) in [7, 11) is 0. The SMILES string of the molecule is CC(C)(Nc1ccc2c(n1)COC2)C(=O)O. The third kappa shape index (κ3) is 1.99. The van der Waals surface area contributed by atoms with Gasteiger partial charge in [0.2, 0.25) is 0 Å². The van der Waals surface area contributed by atoms with Crippen molar-refractivity contribution in [1.82, 2.24) is 4.98 Å². The van der Waals surface area contributed by atoms with E-state index < -0.39 is 11.5 Å². The molecule has 0 spiro atoms. The molecule has 1 aliphatic rings. The van der Waals surface area contributed by atoms with E-state index in [2.05, 4.69) is 10.3 Å². The molecule has 0 unspecified atom stereocenters. The van der Waals surface area contributed by atoms with Crippen molar-refractivity contribution in [3.63, 3.8) is 0 Å². The fourth-order valence-corrected chi connectivity index (χ4v) is 1.49. The molecule has 86 valence electrons. The number of carboxylic acid groups (broad SMARTS) is 1. The molecule has 16 heavy (non-hydrogen) atoms. The zero-order chi connectivity index (χ0) is 11.8. The highest BCUT2D eigenvalue weighted by molar-refractivity contribution is 5.81. The maximum atomic E-state index is 10.9.